The summed E-state index contributed by atoms with van der Waals surface area (Å²) in [5.41, 5.74) is 3.05. The van der Waals surface area contributed by atoms with Crippen LogP contribution in [0, 0.1) is 5.92 Å². The first-order valence-electron chi connectivity index (χ1n) is 9.50. The third-order valence-corrected chi connectivity index (χ3v) is 6.26. The van der Waals surface area contributed by atoms with Crippen molar-refractivity contribution in [3.8, 4) is 5.75 Å². The third-order valence-electron chi connectivity index (χ3n) is 4.42. The molecule has 0 saturated carbocycles. The molecule has 9 nitrogen and oxygen atoms in total. The van der Waals surface area contributed by atoms with E-state index in [0.717, 1.165) is 5.56 Å². The molecule has 0 spiro atoms. The van der Waals surface area contributed by atoms with Crippen molar-refractivity contribution < 1.29 is 32.7 Å². The summed E-state index contributed by atoms with van der Waals surface area (Å²) in [5.74, 6) is -2.24. The number of carboxylic acid groups (broad SMARTS) is 1. The number of sulfonamides is 1. The number of hydrogen-bond donors (Lipinski definition) is 2. The van der Waals surface area contributed by atoms with Gasteiger partial charge in [0.15, 0.2) is 0 Å². The van der Waals surface area contributed by atoms with E-state index in [-0.39, 0.29) is 11.5 Å². The molecule has 168 valence electrons. The van der Waals surface area contributed by atoms with Gasteiger partial charge >= 0.3 is 5.97 Å². The van der Waals surface area contributed by atoms with Gasteiger partial charge in [-0.05, 0) is 35.7 Å². The van der Waals surface area contributed by atoms with Crippen LogP contribution in [0.25, 0.3) is 0 Å². The molecular weight excluding hydrogens is 424 g/mol. The molecule has 0 bridgehead atoms. The van der Waals surface area contributed by atoms with Crippen molar-refractivity contribution in [2.24, 2.45) is 5.92 Å². The lowest BCUT2D eigenvalue weighted by atomic mass is 10.0. The van der Waals surface area contributed by atoms with Crippen molar-refractivity contribution in [3.63, 3.8) is 0 Å². The maximum absolute atomic E-state index is 13.2. The number of methoxy groups -OCH3 is 1. The molecular formula is C21H26N2O7S. The van der Waals surface area contributed by atoms with E-state index in [1.54, 1.807) is 26.0 Å². The van der Waals surface area contributed by atoms with Crippen LogP contribution in [0.2, 0.25) is 0 Å². The summed E-state index contributed by atoms with van der Waals surface area (Å²) in [6, 6.07) is 13.2. The average molecular weight is 451 g/mol. The fourth-order valence-corrected chi connectivity index (χ4v) is 4.61. The molecule has 0 radical (unpaired) electrons. The summed E-state index contributed by atoms with van der Waals surface area (Å²) in [7, 11) is -2.87. The van der Waals surface area contributed by atoms with E-state index in [0.29, 0.717) is 10.1 Å². The zero-order valence-electron chi connectivity index (χ0n) is 17.5. The van der Waals surface area contributed by atoms with E-state index in [2.05, 4.69) is 5.48 Å². The Labute approximate surface area is 181 Å². The minimum atomic E-state index is -4.31. The van der Waals surface area contributed by atoms with Gasteiger partial charge < -0.3 is 9.84 Å². The number of aliphatic carboxylic acids is 1. The predicted octanol–water partition coefficient (Wildman–Crippen LogP) is 2.04. The van der Waals surface area contributed by atoms with Crippen LogP contribution in [0.3, 0.4) is 0 Å². The number of carbonyl (C=O) groups excluding carboxylic acids is 1. The lowest BCUT2D eigenvalue weighted by Gasteiger charge is -2.31. The highest BCUT2D eigenvalue weighted by atomic mass is 32.2. The molecule has 2 N–H and O–H groups in total. The van der Waals surface area contributed by atoms with Crippen molar-refractivity contribution in [3.05, 3.63) is 60.2 Å². The number of hydroxylamine groups is 1. The number of amides is 1. The van der Waals surface area contributed by atoms with Gasteiger partial charge in [-0.15, -0.1) is 0 Å². The molecule has 1 amide bonds. The van der Waals surface area contributed by atoms with Crippen LogP contribution < -0.4 is 10.2 Å². The van der Waals surface area contributed by atoms with E-state index in [9.17, 15) is 23.1 Å². The Bertz CT molecular complexity index is 977. The molecule has 0 fully saturated rings. The van der Waals surface area contributed by atoms with Crippen LogP contribution in [0.15, 0.2) is 59.5 Å². The molecule has 31 heavy (non-hydrogen) atoms. The van der Waals surface area contributed by atoms with E-state index in [4.69, 9.17) is 9.57 Å². The first kappa shape index (κ1) is 24.3. The van der Waals surface area contributed by atoms with Crippen LogP contribution in [-0.2, 0) is 31.1 Å². The number of carboxylic acids is 1. The van der Waals surface area contributed by atoms with Gasteiger partial charge in [0.2, 0.25) is 10.0 Å². The number of rotatable bonds is 11. The molecule has 0 aliphatic rings. The second-order valence-corrected chi connectivity index (χ2v) is 8.94. The average Bonchev–Trinajstić information content (AvgIpc) is 2.73. The zero-order valence-corrected chi connectivity index (χ0v) is 18.3. The summed E-state index contributed by atoms with van der Waals surface area (Å²) < 4.78 is 32.1. The van der Waals surface area contributed by atoms with Gasteiger partial charge in [-0.3, -0.25) is 14.4 Å². The summed E-state index contributed by atoms with van der Waals surface area (Å²) in [6.07, 6.45) is 0. The van der Waals surface area contributed by atoms with Gasteiger partial charge in [-0.25, -0.2) is 13.9 Å². The Hall–Kier alpha value is -2.95. The monoisotopic (exact) mass is 450 g/mol. The number of hydrogen-bond acceptors (Lipinski definition) is 6. The fourth-order valence-electron chi connectivity index (χ4n) is 2.94. The molecule has 2 rings (SSSR count). The van der Waals surface area contributed by atoms with Crippen LogP contribution in [0.5, 0.6) is 5.75 Å². The third kappa shape index (κ3) is 6.51. The van der Waals surface area contributed by atoms with E-state index in [1.807, 2.05) is 18.2 Å². The second kappa shape index (κ2) is 10.9. The van der Waals surface area contributed by atoms with Crippen molar-refractivity contribution in [1.29, 1.82) is 0 Å². The molecule has 0 saturated heterocycles. The first-order valence-corrected chi connectivity index (χ1v) is 10.9. The first-order chi connectivity index (χ1) is 14.7. The number of benzene rings is 2. The Kier molecular flexibility index (Phi) is 8.55. The maximum Gasteiger partial charge on any atom is 0.318 e. The molecule has 0 aliphatic heterocycles. The lowest BCUT2D eigenvalue weighted by Crippen LogP contribution is -2.53. The Morgan fingerprint density at radius 2 is 1.68 bits per heavy atom. The molecule has 1 atom stereocenters. The lowest BCUT2D eigenvalue weighted by molar-refractivity contribution is -0.142. The molecule has 0 aromatic heterocycles. The van der Waals surface area contributed by atoms with E-state index in [1.165, 1.54) is 31.4 Å². The normalized spacial score (nSPS) is 12.5. The van der Waals surface area contributed by atoms with Gasteiger partial charge in [-0.1, -0.05) is 44.2 Å². The molecule has 10 heteroatoms. The van der Waals surface area contributed by atoms with E-state index >= 15 is 0 Å². The fraction of sp³-hybridized carbons (Fsp3) is 0.333. The molecule has 0 aliphatic carbocycles. The van der Waals surface area contributed by atoms with Crippen molar-refractivity contribution in [2.45, 2.75) is 31.4 Å². The molecule has 0 heterocycles. The quantitative estimate of drug-likeness (QED) is 0.502. The van der Waals surface area contributed by atoms with Crippen LogP contribution in [-0.4, -0.2) is 49.4 Å². The summed E-state index contributed by atoms with van der Waals surface area (Å²) >= 11 is 0. The highest BCUT2D eigenvalue weighted by molar-refractivity contribution is 7.89. The summed E-state index contributed by atoms with van der Waals surface area (Å²) in [6.45, 7) is 2.44. The maximum atomic E-state index is 13.2. The summed E-state index contributed by atoms with van der Waals surface area (Å²) in [5, 5.41) is 9.32. The minimum absolute atomic E-state index is 0.0710. The Balaban J connectivity index is 2.27. The highest BCUT2D eigenvalue weighted by Crippen LogP contribution is 2.24. The van der Waals surface area contributed by atoms with Gasteiger partial charge in [0.25, 0.3) is 5.91 Å². The smallest absolute Gasteiger partial charge is 0.318 e. The number of carbonyl (C=O) groups is 2. The second-order valence-electron chi connectivity index (χ2n) is 7.05. The van der Waals surface area contributed by atoms with Crippen molar-refractivity contribution >= 4 is 21.9 Å². The van der Waals surface area contributed by atoms with Crippen LogP contribution in [0.4, 0.5) is 0 Å². The van der Waals surface area contributed by atoms with E-state index < -0.39 is 40.4 Å². The zero-order chi connectivity index (χ0) is 23.0. The van der Waals surface area contributed by atoms with Gasteiger partial charge in [0.05, 0.1) is 18.6 Å². The van der Waals surface area contributed by atoms with Gasteiger partial charge in [-0.2, -0.15) is 4.31 Å². The highest BCUT2D eigenvalue weighted by Gasteiger charge is 2.39. The number of ether oxygens (including phenoxy) is 1. The van der Waals surface area contributed by atoms with Crippen LogP contribution in [0.1, 0.15) is 19.4 Å². The largest absolute Gasteiger partial charge is 0.497 e. The van der Waals surface area contributed by atoms with Crippen molar-refractivity contribution in [2.75, 3.05) is 13.7 Å². The van der Waals surface area contributed by atoms with Gasteiger partial charge in [0.1, 0.15) is 18.3 Å². The molecule has 2 aromatic rings. The predicted molar refractivity (Wildman–Crippen MR) is 113 cm³/mol. The molecule has 0 unspecified atom stereocenters. The van der Waals surface area contributed by atoms with Crippen LogP contribution >= 0.6 is 0 Å². The Morgan fingerprint density at radius 3 is 2.19 bits per heavy atom. The SMILES string of the molecule is COc1ccc(S(=O)(=O)N(CC(=O)O)[C@@H](C(=O)NOCc2ccccc2)C(C)C)cc1. The summed E-state index contributed by atoms with van der Waals surface area (Å²) in [4.78, 5) is 29.3. The van der Waals surface area contributed by atoms with Crippen molar-refractivity contribution in [1.82, 2.24) is 9.79 Å². The Morgan fingerprint density at radius 1 is 1.06 bits per heavy atom. The minimum Gasteiger partial charge on any atom is -0.497 e. The van der Waals surface area contributed by atoms with Gasteiger partial charge in [0, 0.05) is 0 Å². The number of nitrogens with zero attached hydrogens (tertiary/aromatic N) is 1. The molecule has 2 aromatic carbocycles. The number of nitrogens with one attached hydrogen (secondary N) is 1. The standard InChI is InChI=1S/C21H26N2O7S/c1-15(2)20(21(26)22-30-14-16-7-5-4-6-8-16)23(13-19(24)25)31(27,28)18-11-9-17(29-3)10-12-18/h4-12,15,20H,13-14H2,1-3H3,(H,22,26)(H,24,25)/t20-/m1/s1. The topological polar surface area (TPSA) is 122 Å².